The standard InChI is InChI=1S/C27H23FN4O5/c1-5-20(25-19(29-3)9-11-23(32-25)35-4)37-21-10-8-16(13-18(21)28)31-27(34)17-14-30-15(2)24(26(17)33)22-7-6-12-36-22/h5-14H,3H2,1-2,4H3,(H,30,33)(H,31,34)/b20-5+. The second-order valence-corrected chi connectivity index (χ2v) is 7.74. The predicted molar refractivity (Wildman–Crippen MR) is 138 cm³/mol. The van der Waals surface area contributed by atoms with Gasteiger partial charge in [-0.15, -0.1) is 0 Å². The Hall–Kier alpha value is -4.99. The van der Waals surface area contributed by atoms with Gasteiger partial charge in [0.25, 0.3) is 5.91 Å². The molecule has 0 atom stereocenters. The summed E-state index contributed by atoms with van der Waals surface area (Å²) in [5.41, 5.74) is 0.997. The van der Waals surface area contributed by atoms with Gasteiger partial charge >= 0.3 is 0 Å². The number of H-pyrrole nitrogens is 1. The third-order valence-corrected chi connectivity index (χ3v) is 5.43. The number of pyridine rings is 2. The molecular weight excluding hydrogens is 479 g/mol. The molecule has 4 aromatic rings. The number of benzene rings is 1. The first-order chi connectivity index (χ1) is 17.9. The zero-order valence-electron chi connectivity index (χ0n) is 20.3. The summed E-state index contributed by atoms with van der Waals surface area (Å²) < 4.78 is 31.2. The smallest absolute Gasteiger partial charge is 0.261 e. The number of halogens is 1. The number of hydrogen-bond donors (Lipinski definition) is 2. The van der Waals surface area contributed by atoms with Crippen molar-refractivity contribution in [2.45, 2.75) is 13.8 Å². The zero-order valence-corrected chi connectivity index (χ0v) is 20.3. The van der Waals surface area contributed by atoms with E-state index in [2.05, 4.69) is 27.0 Å². The van der Waals surface area contributed by atoms with Crippen LogP contribution in [0.4, 0.5) is 15.8 Å². The summed E-state index contributed by atoms with van der Waals surface area (Å²) in [6.45, 7) is 6.92. The van der Waals surface area contributed by atoms with Crippen molar-refractivity contribution < 1.29 is 23.1 Å². The maximum Gasteiger partial charge on any atom is 0.261 e. The average molecular weight is 503 g/mol. The lowest BCUT2D eigenvalue weighted by Crippen LogP contribution is -2.23. The summed E-state index contributed by atoms with van der Waals surface area (Å²) in [6, 6.07) is 10.4. The third kappa shape index (κ3) is 5.18. The lowest BCUT2D eigenvalue weighted by molar-refractivity contribution is 0.102. The number of ether oxygens (including phenoxy) is 2. The van der Waals surface area contributed by atoms with Crippen LogP contribution in [0.25, 0.3) is 17.1 Å². The van der Waals surface area contributed by atoms with E-state index in [9.17, 15) is 14.0 Å². The Balaban J connectivity index is 1.57. The molecule has 2 N–H and O–H groups in total. The molecule has 0 fully saturated rings. The summed E-state index contributed by atoms with van der Waals surface area (Å²) in [7, 11) is 1.47. The molecule has 4 rings (SSSR count). The van der Waals surface area contributed by atoms with Crippen LogP contribution in [-0.2, 0) is 0 Å². The molecule has 0 spiro atoms. The average Bonchev–Trinajstić information content (AvgIpc) is 3.42. The Labute approximate surface area is 211 Å². The molecule has 0 saturated heterocycles. The van der Waals surface area contributed by atoms with Crippen LogP contribution in [0, 0.1) is 12.7 Å². The Morgan fingerprint density at radius 2 is 2.08 bits per heavy atom. The van der Waals surface area contributed by atoms with Crippen molar-refractivity contribution in [1.82, 2.24) is 9.97 Å². The Morgan fingerprint density at radius 1 is 1.27 bits per heavy atom. The lowest BCUT2D eigenvalue weighted by Gasteiger charge is -2.14. The number of carbonyl (C=O) groups excluding carboxylic acids is 1. The minimum absolute atomic E-state index is 0.112. The van der Waals surface area contributed by atoms with E-state index in [0.29, 0.717) is 28.7 Å². The molecule has 9 nitrogen and oxygen atoms in total. The van der Waals surface area contributed by atoms with Crippen LogP contribution in [0.15, 0.2) is 75.2 Å². The summed E-state index contributed by atoms with van der Waals surface area (Å²) in [5, 5.41) is 2.54. The zero-order chi connectivity index (χ0) is 26.5. The Morgan fingerprint density at radius 3 is 2.73 bits per heavy atom. The van der Waals surface area contributed by atoms with Gasteiger partial charge in [0.15, 0.2) is 17.3 Å². The quantitative estimate of drug-likeness (QED) is 0.242. The van der Waals surface area contributed by atoms with E-state index in [0.717, 1.165) is 6.07 Å². The van der Waals surface area contributed by atoms with Gasteiger partial charge in [-0.1, -0.05) is 0 Å². The highest BCUT2D eigenvalue weighted by Gasteiger charge is 2.20. The predicted octanol–water partition coefficient (Wildman–Crippen LogP) is 5.51. The van der Waals surface area contributed by atoms with Crippen molar-refractivity contribution in [3.63, 3.8) is 0 Å². The molecule has 3 aromatic heterocycles. The number of aromatic nitrogens is 2. The fraction of sp³-hybridized carbons (Fsp3) is 0.111. The number of methoxy groups -OCH3 is 1. The molecule has 1 aromatic carbocycles. The number of furan rings is 1. The molecule has 37 heavy (non-hydrogen) atoms. The van der Waals surface area contributed by atoms with Crippen LogP contribution in [0.3, 0.4) is 0 Å². The summed E-state index contributed by atoms with van der Waals surface area (Å²) in [4.78, 5) is 36.9. The molecule has 3 heterocycles. The first kappa shape index (κ1) is 25.1. The van der Waals surface area contributed by atoms with Gasteiger partial charge in [-0.25, -0.2) is 9.37 Å². The molecule has 0 unspecified atom stereocenters. The van der Waals surface area contributed by atoms with Crippen LogP contribution < -0.4 is 20.2 Å². The topological polar surface area (TPSA) is 119 Å². The maximum absolute atomic E-state index is 15.0. The van der Waals surface area contributed by atoms with Crippen LogP contribution in [0.1, 0.15) is 28.7 Å². The highest BCUT2D eigenvalue weighted by molar-refractivity contribution is 6.04. The molecule has 1 amide bonds. The van der Waals surface area contributed by atoms with Gasteiger partial charge in [0.1, 0.15) is 17.0 Å². The largest absolute Gasteiger partial charge is 0.481 e. The van der Waals surface area contributed by atoms with Crippen molar-refractivity contribution in [3.8, 4) is 23.0 Å². The van der Waals surface area contributed by atoms with Gasteiger partial charge in [0.05, 0.1) is 24.6 Å². The fourth-order valence-electron chi connectivity index (χ4n) is 3.59. The van der Waals surface area contributed by atoms with Gasteiger partial charge in [-0.05, 0) is 57.0 Å². The van der Waals surface area contributed by atoms with Gasteiger partial charge < -0.3 is 24.2 Å². The molecule has 0 aliphatic rings. The number of nitrogens with one attached hydrogen (secondary N) is 2. The highest BCUT2D eigenvalue weighted by atomic mass is 19.1. The van der Waals surface area contributed by atoms with Crippen LogP contribution in [-0.4, -0.2) is 29.7 Å². The van der Waals surface area contributed by atoms with Crippen molar-refractivity contribution in [2.75, 3.05) is 12.4 Å². The minimum Gasteiger partial charge on any atom is -0.481 e. The maximum atomic E-state index is 15.0. The van der Waals surface area contributed by atoms with Crippen LogP contribution >= 0.6 is 0 Å². The Bertz CT molecular complexity index is 1560. The van der Waals surface area contributed by atoms with Crippen LogP contribution in [0.5, 0.6) is 11.6 Å². The number of anilines is 1. The molecule has 0 bridgehead atoms. The molecule has 188 valence electrons. The molecule has 0 saturated carbocycles. The number of rotatable bonds is 8. The number of aromatic amines is 1. The lowest BCUT2D eigenvalue weighted by atomic mass is 10.1. The van der Waals surface area contributed by atoms with Crippen molar-refractivity contribution >= 4 is 29.8 Å². The summed E-state index contributed by atoms with van der Waals surface area (Å²) in [5.74, 6) is -0.681. The van der Waals surface area contributed by atoms with E-state index >= 15 is 0 Å². The molecule has 0 radical (unpaired) electrons. The second-order valence-electron chi connectivity index (χ2n) is 7.74. The number of hydrogen-bond acceptors (Lipinski definition) is 7. The highest BCUT2D eigenvalue weighted by Crippen LogP contribution is 2.31. The monoisotopic (exact) mass is 502 g/mol. The normalized spacial score (nSPS) is 11.2. The van der Waals surface area contributed by atoms with Gasteiger partial charge in [0, 0.05) is 29.7 Å². The van der Waals surface area contributed by atoms with Gasteiger partial charge in [0.2, 0.25) is 11.3 Å². The number of aryl methyl sites for hydroxylation is 1. The minimum atomic E-state index is -0.748. The summed E-state index contributed by atoms with van der Waals surface area (Å²) in [6.07, 6.45) is 4.34. The van der Waals surface area contributed by atoms with Gasteiger partial charge in [-0.2, -0.15) is 0 Å². The van der Waals surface area contributed by atoms with E-state index in [1.54, 1.807) is 44.2 Å². The first-order valence-corrected chi connectivity index (χ1v) is 11.1. The third-order valence-electron chi connectivity index (χ3n) is 5.43. The Kier molecular flexibility index (Phi) is 7.28. The van der Waals surface area contributed by atoms with E-state index in [-0.39, 0.29) is 28.3 Å². The molecule has 10 heteroatoms. The molecule has 0 aliphatic heterocycles. The number of amides is 1. The van der Waals surface area contributed by atoms with E-state index in [4.69, 9.17) is 13.9 Å². The first-order valence-electron chi connectivity index (χ1n) is 11.1. The van der Waals surface area contributed by atoms with Gasteiger partial charge in [-0.3, -0.25) is 14.6 Å². The van der Waals surface area contributed by atoms with Crippen molar-refractivity contribution in [1.29, 1.82) is 0 Å². The second kappa shape index (κ2) is 10.7. The van der Waals surface area contributed by atoms with E-state index < -0.39 is 17.2 Å². The number of carbonyl (C=O) groups is 1. The van der Waals surface area contributed by atoms with Crippen LogP contribution in [0.2, 0.25) is 0 Å². The summed E-state index contributed by atoms with van der Waals surface area (Å²) >= 11 is 0. The van der Waals surface area contributed by atoms with E-state index in [1.165, 1.54) is 31.7 Å². The number of allylic oxidation sites excluding steroid dienone is 1. The van der Waals surface area contributed by atoms with Crippen molar-refractivity contribution in [2.24, 2.45) is 4.99 Å². The number of aliphatic imine (C=N–C) groups is 1. The SMILES string of the molecule is C=Nc1ccc(OC)nc1/C(=C\C)Oc1ccc(NC(=O)c2c[nH]c(C)c(-c3ccco3)c2=O)cc1F. The van der Waals surface area contributed by atoms with E-state index in [1.807, 2.05) is 0 Å². The van der Waals surface area contributed by atoms with Crippen molar-refractivity contribution in [3.05, 3.63) is 94.0 Å². The molecule has 0 aliphatic carbocycles. The molecular formula is C27H23FN4O5. The number of nitrogens with zero attached hydrogens (tertiary/aromatic N) is 2. The fourth-order valence-corrected chi connectivity index (χ4v) is 3.59.